The summed E-state index contributed by atoms with van der Waals surface area (Å²) >= 11 is 0. The van der Waals surface area contributed by atoms with Gasteiger partial charge < -0.3 is 36.0 Å². The Balaban J connectivity index is 1.20. The molecule has 9 N–H and O–H groups in total. The fraction of sp³-hybridized carbons (Fsp3) is 0.476. The van der Waals surface area contributed by atoms with Crippen molar-refractivity contribution in [3.8, 4) is 5.69 Å². The summed E-state index contributed by atoms with van der Waals surface area (Å²) in [4.78, 5) is 55.7. The Bertz CT molecular complexity index is 2150. The van der Waals surface area contributed by atoms with E-state index in [1.54, 1.807) is 0 Å². The molecule has 0 saturated carbocycles. The average Bonchev–Trinajstić information content (AvgIpc) is 3.76. The van der Waals surface area contributed by atoms with E-state index in [0.717, 1.165) is 21.8 Å². The lowest BCUT2D eigenvalue weighted by molar-refractivity contribution is -0.0614. The second kappa shape index (κ2) is 11.5. The minimum Gasteiger partial charge on any atom is -0.386 e. The normalized spacial score (nSPS) is 36.5. The van der Waals surface area contributed by atoms with Crippen molar-refractivity contribution in [2.45, 2.75) is 49.1 Å². The second-order valence-electron chi connectivity index (χ2n) is 10.4. The summed E-state index contributed by atoms with van der Waals surface area (Å²) < 4.78 is 62.6. The number of fused-ring (bicyclic) bond motifs is 4. The van der Waals surface area contributed by atoms with E-state index in [4.69, 9.17) is 44.7 Å². The number of nitrogens with zero attached hydrogens (tertiary/aromatic N) is 6. The number of hydrogen-bond acceptors (Lipinski definition) is 18. The maximum absolute atomic E-state index is 13.7. The van der Waals surface area contributed by atoms with Crippen LogP contribution in [0.1, 0.15) is 12.5 Å². The summed E-state index contributed by atoms with van der Waals surface area (Å²) in [6.45, 7) is -5.93. The predicted octanol–water partition coefficient (Wildman–Crippen LogP) is -1.72. The van der Waals surface area contributed by atoms with Crippen LogP contribution in [-0.4, -0.2) is 104 Å². The zero-order chi connectivity index (χ0) is 33.4. The van der Waals surface area contributed by atoms with Crippen molar-refractivity contribution >= 4 is 59.6 Å². The molecule has 1 unspecified atom stereocenters. The molecule has 3 fully saturated rings. The van der Waals surface area contributed by atoms with Gasteiger partial charge in [-0.25, -0.2) is 19.1 Å². The molecule has 0 bridgehead atoms. The number of aromatic amines is 2. The molecule has 252 valence electrons. The molecular formula is C21H24N10O13P2S. The van der Waals surface area contributed by atoms with Gasteiger partial charge in [-0.05, 0) is 10.8 Å². The van der Waals surface area contributed by atoms with E-state index < -0.39 is 88.0 Å². The fourth-order valence-electron chi connectivity index (χ4n) is 5.44. The summed E-state index contributed by atoms with van der Waals surface area (Å²) in [7, 11) is -4.91. The number of nitrogens with one attached hydrogen (secondary N) is 2. The highest BCUT2D eigenvalue weighted by Crippen LogP contribution is 2.59. The molecule has 3 aliphatic rings. The molecule has 0 amide bonds. The number of hydrogen-bond donors (Lipinski definition) is 7. The van der Waals surface area contributed by atoms with Gasteiger partial charge in [-0.3, -0.25) is 46.8 Å². The van der Waals surface area contributed by atoms with Crippen molar-refractivity contribution in [2.75, 3.05) is 24.7 Å². The number of imidazole rings is 2. The molecule has 0 spiro atoms. The predicted molar refractivity (Wildman–Crippen MR) is 157 cm³/mol. The summed E-state index contributed by atoms with van der Waals surface area (Å²) in [6.07, 6.45) is -10.2. The van der Waals surface area contributed by atoms with Crippen LogP contribution in [0, 0.1) is 5.69 Å². The lowest BCUT2D eigenvalue weighted by Gasteiger charge is -2.28. The monoisotopic (exact) mass is 718 g/mol. The summed E-state index contributed by atoms with van der Waals surface area (Å²) in [6, 6.07) is 0. The summed E-state index contributed by atoms with van der Waals surface area (Å²) in [5.74, 6) is -0.521. The van der Waals surface area contributed by atoms with E-state index >= 15 is 0 Å². The van der Waals surface area contributed by atoms with E-state index in [-0.39, 0.29) is 45.0 Å². The van der Waals surface area contributed by atoms with Crippen LogP contribution in [0.3, 0.4) is 0 Å². The number of anilines is 2. The number of nitrogens with two attached hydrogens (primary N) is 2. The van der Waals surface area contributed by atoms with Crippen LogP contribution in [0.15, 0.2) is 22.2 Å². The van der Waals surface area contributed by atoms with Gasteiger partial charge in [0.05, 0.1) is 25.9 Å². The van der Waals surface area contributed by atoms with Gasteiger partial charge in [0, 0.05) is 0 Å². The van der Waals surface area contributed by atoms with Gasteiger partial charge >= 0.3 is 14.6 Å². The topological polar surface area (TPSA) is 329 Å². The molecule has 0 aromatic carbocycles. The van der Waals surface area contributed by atoms with Crippen molar-refractivity contribution in [2.24, 2.45) is 0 Å². The Morgan fingerprint density at radius 1 is 0.851 bits per heavy atom. The SMILES string of the molecule is C#S[P@]1(=O)OC[C@H]2O[C@@H](n3cnc4c(=O)[nH]c(N)nc43)[C@H](O)[C@@H]2OP(=O)(O)OC[C@H]2O[C@@H](n3cnc4c(=O)[nH]c(N)nc43)[C@H](O)[C@@H]2O1. The zero-order valence-corrected chi connectivity index (χ0v) is 25.9. The first-order valence-corrected chi connectivity index (χ1v) is 17.9. The third-order valence-corrected chi connectivity index (χ3v) is 11.1. The largest absolute Gasteiger partial charge is 0.472 e. The first kappa shape index (κ1) is 32.0. The molecule has 4 aromatic rings. The zero-order valence-electron chi connectivity index (χ0n) is 23.3. The number of aromatic nitrogens is 8. The molecule has 3 aliphatic heterocycles. The maximum Gasteiger partial charge on any atom is 0.472 e. The molecule has 26 heteroatoms. The van der Waals surface area contributed by atoms with E-state index in [1.807, 2.05) is 0 Å². The second-order valence-corrected chi connectivity index (χ2v) is 15.4. The molecule has 3 saturated heterocycles. The number of nitrogen functional groups attached to an aromatic ring is 2. The van der Waals surface area contributed by atoms with E-state index in [2.05, 4.69) is 29.9 Å². The summed E-state index contributed by atoms with van der Waals surface area (Å²) in [5.41, 5.74) is 15.2. The molecule has 7 rings (SSSR count). The van der Waals surface area contributed by atoms with Crippen molar-refractivity contribution in [3.63, 3.8) is 0 Å². The first-order chi connectivity index (χ1) is 22.3. The molecule has 4 aromatic heterocycles. The smallest absolute Gasteiger partial charge is 0.386 e. The van der Waals surface area contributed by atoms with E-state index in [1.165, 1.54) is 0 Å². The van der Waals surface area contributed by atoms with E-state index in [9.17, 15) is 33.8 Å². The van der Waals surface area contributed by atoms with Gasteiger partial charge in [-0.2, -0.15) is 9.97 Å². The fourth-order valence-corrected chi connectivity index (χ4v) is 8.27. The first-order valence-electron chi connectivity index (χ1n) is 13.4. The van der Waals surface area contributed by atoms with Crippen molar-refractivity contribution < 1.29 is 51.8 Å². The van der Waals surface area contributed by atoms with Crippen LogP contribution in [0.4, 0.5) is 11.9 Å². The van der Waals surface area contributed by atoms with Crippen LogP contribution in [0.25, 0.3) is 22.3 Å². The summed E-state index contributed by atoms with van der Waals surface area (Å²) in [5, 5.41) is 22.5. The van der Waals surface area contributed by atoms with Crippen molar-refractivity contribution in [1.82, 2.24) is 39.0 Å². The maximum atomic E-state index is 13.7. The molecule has 0 aliphatic carbocycles. The van der Waals surface area contributed by atoms with Crippen LogP contribution in [0.2, 0.25) is 0 Å². The molecular weight excluding hydrogens is 694 g/mol. The number of aliphatic hydroxyl groups excluding tert-OH is 2. The molecule has 47 heavy (non-hydrogen) atoms. The van der Waals surface area contributed by atoms with E-state index in [0.29, 0.717) is 0 Å². The molecule has 10 atom stereocenters. The lowest BCUT2D eigenvalue weighted by atomic mass is 10.1. The van der Waals surface area contributed by atoms with Gasteiger partial charge in [-0.15, -0.1) is 0 Å². The number of ether oxygens (including phenoxy) is 2. The number of phosphoric acid groups is 1. The van der Waals surface area contributed by atoms with Gasteiger partial charge in [0.2, 0.25) is 11.9 Å². The van der Waals surface area contributed by atoms with Gasteiger partial charge in [0.1, 0.15) is 36.6 Å². The number of phosphoric ester groups is 1. The Labute approximate surface area is 263 Å². The number of H-pyrrole nitrogens is 2. The Morgan fingerprint density at radius 2 is 1.32 bits per heavy atom. The highest BCUT2D eigenvalue weighted by molar-refractivity contribution is 8.48. The van der Waals surface area contributed by atoms with Gasteiger partial charge in [0.15, 0.2) is 34.8 Å². The Kier molecular flexibility index (Phi) is 7.84. The quantitative estimate of drug-likeness (QED) is 0.113. The Hall–Kier alpha value is -3.60. The lowest BCUT2D eigenvalue weighted by Crippen LogP contribution is -2.38. The molecule has 0 radical (unpaired) electrons. The van der Waals surface area contributed by atoms with Gasteiger partial charge in [0.25, 0.3) is 11.1 Å². The van der Waals surface area contributed by atoms with Crippen LogP contribution in [0.5, 0.6) is 0 Å². The third kappa shape index (κ3) is 5.58. The number of rotatable bonds is 2. The minimum absolute atomic E-state index is 0.0842. The molecule has 23 nitrogen and oxygen atoms in total. The standard InChI is InChI=1S/C21H24N10O13P2S/c1-47-46(38)40-3-7-12(10(32)18(42-7)30-4-24-8-14(30)26-20(22)28-16(8)34)43-45(36,37)39-2-6-13(44-46)11(33)19(41-6)31-5-25-9-15(31)27-21(23)29-17(9)35/h1,4-7,10-13,18-19,32-33H,2-3H2,(H,36,37)(H3,22,26,28,34)(H3,23,27,29,35)/t6-,7-,10-,11-,12-,13-,18-,19-,46-/m1/s1. The average molecular weight is 718 g/mol. The van der Waals surface area contributed by atoms with Crippen LogP contribution in [-0.2, 0) is 36.7 Å². The highest BCUT2D eigenvalue weighted by Gasteiger charge is 2.54. The highest BCUT2D eigenvalue weighted by atomic mass is 32.7. The number of aliphatic hydroxyl groups is 2. The Morgan fingerprint density at radius 3 is 1.81 bits per heavy atom. The van der Waals surface area contributed by atoms with Crippen LogP contribution >= 0.6 is 25.4 Å². The van der Waals surface area contributed by atoms with Crippen molar-refractivity contribution in [1.29, 1.82) is 0 Å². The van der Waals surface area contributed by atoms with Crippen molar-refractivity contribution in [3.05, 3.63) is 33.4 Å². The van der Waals surface area contributed by atoms with Crippen LogP contribution < -0.4 is 22.6 Å². The minimum atomic E-state index is -5.07. The molecule has 7 heterocycles. The third-order valence-electron chi connectivity index (χ3n) is 7.50. The van der Waals surface area contributed by atoms with Gasteiger partial charge in [-0.1, -0.05) is 5.69 Å².